The molecular formula is C22H30ClNO3. The molecule has 1 unspecified atom stereocenters. The van der Waals surface area contributed by atoms with Crippen LogP contribution in [0.25, 0.3) is 0 Å². The maximum atomic E-state index is 13.0. The molecule has 1 N–H and O–H groups in total. The van der Waals surface area contributed by atoms with E-state index in [4.69, 9.17) is 4.74 Å². The number of hydrogen-bond donors (Lipinski definition) is 1. The van der Waals surface area contributed by atoms with Gasteiger partial charge in [-0.3, -0.25) is 4.90 Å². The third-order valence-corrected chi connectivity index (χ3v) is 6.48. The Morgan fingerprint density at radius 1 is 1.15 bits per heavy atom. The van der Waals surface area contributed by atoms with Crippen molar-refractivity contribution in [3.63, 3.8) is 0 Å². The fourth-order valence-corrected chi connectivity index (χ4v) is 4.91. The summed E-state index contributed by atoms with van der Waals surface area (Å²) in [7, 11) is 0. The smallest absolute Gasteiger partial charge is 0.343 e. The number of carbonyl (C=O) groups is 1. The third-order valence-electron chi connectivity index (χ3n) is 6.48. The summed E-state index contributed by atoms with van der Waals surface area (Å²) in [5.74, 6) is -0.515. The fraction of sp³-hybridized carbons (Fsp3) is 0.591. The topological polar surface area (TPSA) is 49.8 Å². The Bertz CT molecular complexity index is 674. The summed E-state index contributed by atoms with van der Waals surface area (Å²) in [5, 5.41) is 11.4. The number of ether oxygens (including phenoxy) is 1. The first-order valence-corrected chi connectivity index (χ1v) is 10.0. The molecule has 0 spiro atoms. The minimum absolute atomic E-state index is 0. The lowest BCUT2D eigenvalue weighted by Gasteiger charge is -2.37. The van der Waals surface area contributed by atoms with E-state index in [9.17, 15) is 9.90 Å². The molecule has 1 aliphatic carbocycles. The molecule has 0 aromatic heterocycles. The number of halogens is 1. The van der Waals surface area contributed by atoms with Crippen LogP contribution in [0.5, 0.6) is 0 Å². The van der Waals surface area contributed by atoms with Gasteiger partial charge in [-0.15, -0.1) is 12.4 Å². The highest BCUT2D eigenvalue weighted by atomic mass is 35.5. The number of aliphatic hydroxyl groups is 1. The molecule has 1 atom stereocenters. The van der Waals surface area contributed by atoms with Crippen molar-refractivity contribution in [1.29, 1.82) is 0 Å². The highest BCUT2D eigenvalue weighted by Crippen LogP contribution is 2.41. The number of fused-ring (bicyclic) bond motifs is 3. The van der Waals surface area contributed by atoms with Crippen molar-refractivity contribution in [3.05, 3.63) is 47.0 Å². The van der Waals surface area contributed by atoms with Crippen LogP contribution in [0, 0.1) is 5.92 Å². The molecule has 5 heteroatoms. The van der Waals surface area contributed by atoms with Crippen LogP contribution in [0.1, 0.15) is 50.5 Å². The van der Waals surface area contributed by atoms with Crippen molar-refractivity contribution >= 4 is 18.4 Å². The molecule has 3 aliphatic heterocycles. The number of carbonyl (C=O) groups excluding carboxylic acids is 1. The molecule has 1 aromatic carbocycles. The van der Waals surface area contributed by atoms with E-state index in [-0.39, 0.29) is 18.3 Å². The van der Waals surface area contributed by atoms with Gasteiger partial charge in [0.1, 0.15) is 0 Å². The van der Waals surface area contributed by atoms with E-state index in [1.165, 1.54) is 31.5 Å². The van der Waals surface area contributed by atoms with E-state index in [0.717, 1.165) is 38.6 Å². The Morgan fingerprint density at radius 3 is 2.41 bits per heavy atom. The lowest BCUT2D eigenvalue weighted by molar-refractivity contribution is -0.173. The summed E-state index contributed by atoms with van der Waals surface area (Å²) < 4.78 is 5.64. The van der Waals surface area contributed by atoms with Gasteiger partial charge in [-0.1, -0.05) is 54.3 Å². The molecule has 148 valence electrons. The summed E-state index contributed by atoms with van der Waals surface area (Å²) in [6.45, 7) is 3.74. The van der Waals surface area contributed by atoms with Gasteiger partial charge in [-0.25, -0.2) is 4.79 Å². The zero-order valence-electron chi connectivity index (χ0n) is 15.9. The van der Waals surface area contributed by atoms with E-state index in [0.29, 0.717) is 12.2 Å². The fourth-order valence-electron chi connectivity index (χ4n) is 4.91. The predicted molar refractivity (Wildman–Crippen MR) is 108 cm³/mol. The minimum Gasteiger partial charge on any atom is -0.463 e. The number of benzene rings is 1. The zero-order chi connectivity index (χ0) is 18.0. The monoisotopic (exact) mass is 391 g/mol. The van der Waals surface area contributed by atoms with Crippen molar-refractivity contribution in [2.45, 2.75) is 50.5 Å². The molecule has 5 rings (SSSR count). The number of piperidine rings is 1. The average molecular weight is 392 g/mol. The van der Waals surface area contributed by atoms with Gasteiger partial charge in [-0.05, 0) is 31.2 Å². The number of esters is 1. The minimum atomic E-state index is -1.51. The van der Waals surface area contributed by atoms with E-state index in [1.807, 2.05) is 30.3 Å². The summed E-state index contributed by atoms with van der Waals surface area (Å²) in [4.78, 5) is 15.4. The molecule has 0 radical (unpaired) electrons. The molecule has 2 fully saturated rings. The molecule has 3 heterocycles. The zero-order valence-corrected chi connectivity index (χ0v) is 16.7. The average Bonchev–Trinajstić information content (AvgIpc) is 3.24. The second kappa shape index (κ2) is 8.76. The first kappa shape index (κ1) is 20.4. The van der Waals surface area contributed by atoms with Crippen LogP contribution >= 0.6 is 12.4 Å². The molecule has 1 aromatic rings. The molecule has 2 bridgehead atoms. The number of hydrogen-bond acceptors (Lipinski definition) is 4. The summed E-state index contributed by atoms with van der Waals surface area (Å²) in [6.07, 6.45) is 7.03. The molecular weight excluding hydrogens is 362 g/mol. The van der Waals surface area contributed by atoms with Crippen LogP contribution in [0.2, 0.25) is 0 Å². The van der Waals surface area contributed by atoms with E-state index in [2.05, 4.69) is 4.90 Å². The van der Waals surface area contributed by atoms with E-state index < -0.39 is 11.6 Å². The van der Waals surface area contributed by atoms with Crippen LogP contribution in [0.3, 0.4) is 0 Å². The summed E-state index contributed by atoms with van der Waals surface area (Å²) >= 11 is 0. The first-order valence-electron chi connectivity index (χ1n) is 10.0. The van der Waals surface area contributed by atoms with E-state index in [1.54, 1.807) is 5.57 Å². The Hall–Kier alpha value is -1.36. The Kier molecular flexibility index (Phi) is 6.61. The third kappa shape index (κ3) is 4.08. The number of nitrogens with zero attached hydrogens (tertiary/aromatic N) is 1. The van der Waals surface area contributed by atoms with Gasteiger partial charge in [-0.2, -0.15) is 0 Å². The second-order valence-corrected chi connectivity index (χ2v) is 7.98. The van der Waals surface area contributed by atoms with Crippen LogP contribution in [-0.2, 0) is 15.1 Å². The van der Waals surface area contributed by atoms with Crippen LogP contribution < -0.4 is 0 Å². The van der Waals surface area contributed by atoms with Gasteiger partial charge in [0, 0.05) is 32.0 Å². The number of rotatable bonds is 6. The predicted octanol–water partition coefficient (Wildman–Crippen LogP) is 3.83. The van der Waals surface area contributed by atoms with Gasteiger partial charge in [0.2, 0.25) is 0 Å². The van der Waals surface area contributed by atoms with Crippen molar-refractivity contribution in [2.24, 2.45) is 5.92 Å². The maximum absolute atomic E-state index is 13.0. The van der Waals surface area contributed by atoms with Crippen LogP contribution in [-0.4, -0.2) is 42.2 Å². The molecule has 4 aliphatic rings. The van der Waals surface area contributed by atoms with Gasteiger partial charge < -0.3 is 9.84 Å². The molecule has 27 heavy (non-hydrogen) atoms. The lowest BCUT2D eigenvalue weighted by Crippen LogP contribution is -2.43. The maximum Gasteiger partial charge on any atom is 0.343 e. The van der Waals surface area contributed by atoms with Gasteiger partial charge in [0.15, 0.2) is 5.60 Å². The van der Waals surface area contributed by atoms with Gasteiger partial charge in [0.25, 0.3) is 0 Å². The summed E-state index contributed by atoms with van der Waals surface area (Å²) in [6, 6.07) is 9.35. The second-order valence-electron chi connectivity index (χ2n) is 7.98. The summed E-state index contributed by atoms with van der Waals surface area (Å²) in [5.41, 5.74) is 2.17. The normalized spacial score (nSPS) is 22.4. The Balaban J connectivity index is 0.00000210. The molecule has 4 nitrogen and oxygen atoms in total. The quantitative estimate of drug-likeness (QED) is 0.591. The Morgan fingerprint density at radius 2 is 1.81 bits per heavy atom. The van der Waals surface area contributed by atoms with Crippen LogP contribution in [0.15, 0.2) is 41.5 Å². The SMILES string of the molecule is Cl.O=C(OCCC1=C2CCN(CC2)C1)C(O)(c1ccccc1)C1CCCC1. The van der Waals surface area contributed by atoms with Gasteiger partial charge in [0.05, 0.1) is 6.61 Å². The van der Waals surface area contributed by atoms with Crippen molar-refractivity contribution in [2.75, 3.05) is 26.2 Å². The molecule has 1 saturated heterocycles. The first-order chi connectivity index (χ1) is 12.7. The lowest BCUT2D eigenvalue weighted by atomic mass is 9.80. The van der Waals surface area contributed by atoms with Crippen molar-refractivity contribution in [1.82, 2.24) is 4.90 Å². The van der Waals surface area contributed by atoms with Crippen LogP contribution in [0.4, 0.5) is 0 Å². The van der Waals surface area contributed by atoms with Crippen molar-refractivity contribution < 1.29 is 14.6 Å². The Labute approximate surface area is 168 Å². The van der Waals surface area contributed by atoms with Gasteiger partial charge >= 0.3 is 5.97 Å². The highest BCUT2D eigenvalue weighted by Gasteiger charge is 2.47. The molecule has 0 amide bonds. The van der Waals surface area contributed by atoms with Crippen molar-refractivity contribution in [3.8, 4) is 0 Å². The van der Waals surface area contributed by atoms with E-state index >= 15 is 0 Å². The highest BCUT2D eigenvalue weighted by molar-refractivity contribution is 5.85. The molecule has 1 saturated carbocycles. The largest absolute Gasteiger partial charge is 0.463 e. The standard InChI is InChI=1S/C22H29NO3.ClH/c24-21(26-15-12-18-16-23-13-10-17(18)11-14-23)22(25,20-8-4-5-9-20)19-6-2-1-3-7-19;/h1-3,6-7,20,25H,4-5,8-16H2;1H.